The number of nitrogens with zero attached hydrogens (tertiary/aromatic N) is 3. The molecule has 0 unspecified atom stereocenters. The van der Waals surface area contributed by atoms with E-state index in [0.29, 0.717) is 12.0 Å². The molecule has 1 aromatic carbocycles. The average molecular weight is 376 g/mol. The van der Waals surface area contributed by atoms with Gasteiger partial charge in [-0.2, -0.15) is 0 Å². The zero-order chi connectivity index (χ0) is 18.9. The number of fused-ring (bicyclic) bond motifs is 1. The van der Waals surface area contributed by atoms with Crippen molar-refractivity contribution in [1.82, 2.24) is 14.2 Å². The molecule has 2 heterocycles. The van der Waals surface area contributed by atoms with E-state index in [9.17, 15) is 17.6 Å². The first kappa shape index (κ1) is 18.0. The Labute approximate surface area is 149 Å². The fourth-order valence-electron chi connectivity index (χ4n) is 2.52. The Hall–Kier alpha value is -2.78. The lowest BCUT2D eigenvalue weighted by Crippen LogP contribution is -2.23. The van der Waals surface area contributed by atoms with E-state index in [1.165, 1.54) is 16.5 Å². The molecule has 0 aliphatic carbocycles. The Morgan fingerprint density at radius 2 is 1.85 bits per heavy atom. The van der Waals surface area contributed by atoms with Crippen molar-refractivity contribution in [3.63, 3.8) is 0 Å². The molecule has 26 heavy (non-hydrogen) atoms. The highest BCUT2D eigenvalue weighted by Crippen LogP contribution is 2.21. The van der Waals surface area contributed by atoms with Crippen LogP contribution in [0.5, 0.6) is 0 Å². The van der Waals surface area contributed by atoms with E-state index in [4.69, 9.17) is 5.73 Å². The minimum Gasteiger partial charge on any atom is -0.327 e. The SMILES string of the molecule is CS(=O)(=O)c1ccc(-c2ccc3nn(C/C(=C/F)CN)c(=O)n3c2)cc1. The van der Waals surface area contributed by atoms with Gasteiger partial charge in [0.2, 0.25) is 0 Å². The zero-order valence-corrected chi connectivity index (χ0v) is 14.8. The van der Waals surface area contributed by atoms with Gasteiger partial charge in [-0.15, -0.1) is 5.10 Å². The average Bonchev–Trinajstić information content (AvgIpc) is 2.94. The number of aromatic nitrogens is 3. The number of nitrogens with two attached hydrogens (primary N) is 1. The molecule has 0 fully saturated rings. The molecule has 3 aromatic rings. The summed E-state index contributed by atoms with van der Waals surface area (Å²) in [5.41, 5.74) is 7.15. The fraction of sp³-hybridized carbons (Fsp3) is 0.176. The highest BCUT2D eigenvalue weighted by atomic mass is 32.2. The lowest BCUT2D eigenvalue weighted by molar-refractivity contribution is 0.602. The first-order valence-corrected chi connectivity index (χ1v) is 9.60. The van der Waals surface area contributed by atoms with Gasteiger partial charge in [-0.1, -0.05) is 12.1 Å². The number of halogens is 1. The van der Waals surface area contributed by atoms with Crippen molar-refractivity contribution in [3.05, 3.63) is 65.0 Å². The lowest BCUT2D eigenvalue weighted by atomic mass is 10.1. The minimum atomic E-state index is -3.27. The van der Waals surface area contributed by atoms with Crippen LogP contribution >= 0.6 is 0 Å². The van der Waals surface area contributed by atoms with E-state index >= 15 is 0 Å². The van der Waals surface area contributed by atoms with Gasteiger partial charge in [0.15, 0.2) is 15.5 Å². The second-order valence-corrected chi connectivity index (χ2v) is 7.87. The minimum absolute atomic E-state index is 0.00521. The van der Waals surface area contributed by atoms with E-state index in [-0.39, 0.29) is 23.6 Å². The van der Waals surface area contributed by atoms with Gasteiger partial charge in [-0.3, -0.25) is 0 Å². The third-order valence-corrected chi connectivity index (χ3v) is 5.09. The van der Waals surface area contributed by atoms with Gasteiger partial charge in [0.25, 0.3) is 0 Å². The maximum absolute atomic E-state index is 12.7. The third kappa shape index (κ3) is 3.44. The highest BCUT2D eigenvalue weighted by molar-refractivity contribution is 7.90. The molecule has 9 heteroatoms. The Morgan fingerprint density at radius 1 is 1.19 bits per heavy atom. The van der Waals surface area contributed by atoms with Crippen LogP contribution in [0.3, 0.4) is 0 Å². The number of hydrogen-bond acceptors (Lipinski definition) is 5. The molecule has 0 bridgehead atoms. The normalized spacial score (nSPS) is 12.7. The quantitative estimate of drug-likeness (QED) is 0.725. The molecule has 2 N–H and O–H groups in total. The molecular formula is C17H17FN4O3S. The van der Waals surface area contributed by atoms with E-state index in [1.54, 1.807) is 30.5 Å². The summed E-state index contributed by atoms with van der Waals surface area (Å²) in [5, 5.41) is 4.15. The van der Waals surface area contributed by atoms with Crippen LogP contribution in [0, 0.1) is 0 Å². The van der Waals surface area contributed by atoms with Crippen LogP contribution < -0.4 is 11.4 Å². The monoisotopic (exact) mass is 376 g/mol. The van der Waals surface area contributed by atoms with Crippen LogP contribution in [-0.2, 0) is 16.4 Å². The summed E-state index contributed by atoms with van der Waals surface area (Å²) in [6, 6.07) is 9.81. The van der Waals surface area contributed by atoms with Crippen LogP contribution in [0.25, 0.3) is 16.8 Å². The summed E-state index contributed by atoms with van der Waals surface area (Å²) in [7, 11) is -3.27. The van der Waals surface area contributed by atoms with Crippen molar-refractivity contribution in [2.75, 3.05) is 12.8 Å². The molecule has 7 nitrogen and oxygen atoms in total. The van der Waals surface area contributed by atoms with E-state index < -0.39 is 15.5 Å². The lowest BCUT2D eigenvalue weighted by Gasteiger charge is -2.03. The molecule has 0 spiro atoms. The predicted octanol–water partition coefficient (Wildman–Crippen LogP) is 1.38. The Bertz CT molecular complexity index is 1140. The third-order valence-electron chi connectivity index (χ3n) is 3.96. The van der Waals surface area contributed by atoms with Gasteiger partial charge in [0.1, 0.15) is 0 Å². The zero-order valence-electron chi connectivity index (χ0n) is 14.0. The standard InChI is InChI=1S/C17H17FN4O3S/c1-26(24,25)15-5-2-13(3-6-15)14-4-7-16-20-22(10-12(8-18)9-19)17(23)21(16)11-14/h2-8,11H,9-10,19H2,1H3/b12-8+. The van der Waals surface area contributed by atoms with Gasteiger partial charge in [0, 0.05) is 19.0 Å². The summed E-state index contributed by atoms with van der Waals surface area (Å²) in [6.45, 7) is -0.0271. The van der Waals surface area contributed by atoms with Crippen molar-refractivity contribution >= 4 is 15.5 Å². The molecule has 2 aromatic heterocycles. The van der Waals surface area contributed by atoms with Gasteiger partial charge in [0.05, 0.1) is 17.8 Å². The maximum atomic E-state index is 12.7. The van der Waals surface area contributed by atoms with Gasteiger partial charge in [-0.05, 0) is 41.0 Å². The van der Waals surface area contributed by atoms with Crippen molar-refractivity contribution in [2.24, 2.45) is 5.73 Å². The summed E-state index contributed by atoms with van der Waals surface area (Å²) in [6.07, 6.45) is 3.13. The molecule has 0 saturated carbocycles. The van der Waals surface area contributed by atoms with Gasteiger partial charge < -0.3 is 5.73 Å². The smallest absolute Gasteiger partial charge is 0.327 e. The molecule has 0 atom stereocenters. The van der Waals surface area contributed by atoms with Crippen LogP contribution in [0.4, 0.5) is 4.39 Å². The van der Waals surface area contributed by atoms with E-state index in [0.717, 1.165) is 22.1 Å². The second-order valence-electron chi connectivity index (χ2n) is 5.85. The van der Waals surface area contributed by atoms with E-state index in [1.807, 2.05) is 0 Å². The van der Waals surface area contributed by atoms with Crippen LogP contribution in [0.1, 0.15) is 0 Å². The molecule has 0 radical (unpaired) electrons. The summed E-state index contributed by atoms with van der Waals surface area (Å²) >= 11 is 0. The van der Waals surface area contributed by atoms with E-state index in [2.05, 4.69) is 5.10 Å². The van der Waals surface area contributed by atoms with Crippen LogP contribution in [0.15, 0.2) is 64.2 Å². The Kier molecular flexibility index (Phi) is 4.75. The molecule has 3 rings (SSSR count). The number of hydrogen-bond donors (Lipinski definition) is 1. The molecule has 0 aliphatic heterocycles. The first-order chi connectivity index (χ1) is 12.3. The highest BCUT2D eigenvalue weighted by Gasteiger charge is 2.11. The van der Waals surface area contributed by atoms with Crippen molar-refractivity contribution < 1.29 is 12.8 Å². The number of pyridine rings is 1. The summed E-state index contributed by atoms with van der Waals surface area (Å²) in [4.78, 5) is 12.7. The number of benzene rings is 1. The van der Waals surface area contributed by atoms with Crippen LogP contribution in [0.2, 0.25) is 0 Å². The van der Waals surface area contributed by atoms with Crippen molar-refractivity contribution in [3.8, 4) is 11.1 Å². The first-order valence-electron chi connectivity index (χ1n) is 7.71. The van der Waals surface area contributed by atoms with Gasteiger partial charge >= 0.3 is 5.69 Å². The molecule has 0 aliphatic rings. The van der Waals surface area contributed by atoms with Crippen LogP contribution in [-0.4, -0.2) is 35.4 Å². The molecule has 136 valence electrons. The van der Waals surface area contributed by atoms with Crippen molar-refractivity contribution in [1.29, 1.82) is 0 Å². The largest absolute Gasteiger partial charge is 0.350 e. The topological polar surface area (TPSA) is 99.5 Å². The molecular weight excluding hydrogens is 359 g/mol. The fourth-order valence-corrected chi connectivity index (χ4v) is 3.15. The van der Waals surface area contributed by atoms with Gasteiger partial charge in [-0.25, -0.2) is 26.7 Å². The summed E-state index contributed by atoms with van der Waals surface area (Å²) < 4.78 is 38.3. The number of sulfone groups is 1. The predicted molar refractivity (Wildman–Crippen MR) is 96.2 cm³/mol. The number of rotatable bonds is 5. The second kappa shape index (κ2) is 6.85. The molecule has 0 saturated heterocycles. The Morgan fingerprint density at radius 3 is 2.42 bits per heavy atom. The summed E-state index contributed by atoms with van der Waals surface area (Å²) in [5.74, 6) is 0. The Balaban J connectivity index is 2.02. The van der Waals surface area contributed by atoms with Crippen molar-refractivity contribution in [2.45, 2.75) is 11.4 Å². The maximum Gasteiger partial charge on any atom is 0.350 e. The molecule has 0 amide bonds.